The number of rotatable bonds is 3. The van der Waals surface area contributed by atoms with E-state index in [0.717, 1.165) is 0 Å². The maximum atomic E-state index is 4.82. The first-order valence-corrected chi connectivity index (χ1v) is 3.71. The summed E-state index contributed by atoms with van der Waals surface area (Å²) >= 11 is 0. The minimum Gasteiger partial charge on any atom is -0.303 e. The van der Waals surface area contributed by atoms with E-state index in [1.807, 2.05) is 25.1 Å². The molecule has 12 heavy (non-hydrogen) atoms. The second-order valence-electron chi connectivity index (χ2n) is 2.54. The van der Waals surface area contributed by atoms with Gasteiger partial charge in [-0.3, -0.25) is 5.43 Å². The third-order valence-corrected chi connectivity index (χ3v) is 1.49. The van der Waals surface area contributed by atoms with Crippen molar-refractivity contribution in [2.75, 3.05) is 0 Å². The topological polar surface area (TPSA) is 62.8 Å². The van der Waals surface area contributed by atoms with Crippen LogP contribution in [0.3, 0.4) is 0 Å². The van der Waals surface area contributed by atoms with Crippen LogP contribution in [0.1, 0.15) is 11.1 Å². The number of hydrogen-bond acceptors (Lipinski definition) is 2. The Bertz CT molecular complexity index is 270. The van der Waals surface area contributed by atoms with Crippen LogP contribution < -0.4 is 11.3 Å². The molecule has 64 valence electrons. The van der Waals surface area contributed by atoms with E-state index in [9.17, 15) is 0 Å². The van der Waals surface area contributed by atoms with Crippen molar-refractivity contribution >= 4 is 0 Å². The van der Waals surface area contributed by atoms with Crippen molar-refractivity contribution in [2.45, 2.75) is 13.5 Å². The lowest BCUT2D eigenvalue weighted by Crippen LogP contribution is -2.04. The summed E-state index contributed by atoms with van der Waals surface area (Å²) in [7, 11) is 0. The molecule has 0 aliphatic heterocycles. The molecule has 0 radical (unpaired) electrons. The first-order valence-electron chi connectivity index (χ1n) is 3.71. The predicted molar refractivity (Wildman–Crippen MR) is 47.1 cm³/mol. The van der Waals surface area contributed by atoms with Gasteiger partial charge in [-0.25, -0.2) is 0 Å². The van der Waals surface area contributed by atoms with Crippen LogP contribution >= 0.6 is 0 Å². The Hall–Kier alpha value is -1.58. The second-order valence-corrected chi connectivity index (χ2v) is 2.54. The molecular weight excluding hydrogens is 152 g/mol. The number of nitrogens with two attached hydrogens (primary N) is 1. The molecule has 0 bridgehead atoms. The highest BCUT2D eigenvalue weighted by Gasteiger charge is 1.90. The van der Waals surface area contributed by atoms with Crippen LogP contribution in [0.5, 0.6) is 0 Å². The van der Waals surface area contributed by atoms with Crippen LogP contribution in [-0.2, 0) is 6.54 Å². The van der Waals surface area contributed by atoms with E-state index in [4.69, 9.17) is 5.84 Å². The molecule has 0 amide bonds. The van der Waals surface area contributed by atoms with Crippen molar-refractivity contribution in [3.8, 4) is 0 Å². The number of hydrogen-bond donors (Lipinski definition) is 2. The maximum Gasteiger partial charge on any atom is 0.0597 e. The van der Waals surface area contributed by atoms with Gasteiger partial charge in [0.1, 0.15) is 0 Å². The van der Waals surface area contributed by atoms with Gasteiger partial charge in [-0.1, -0.05) is 40.3 Å². The highest BCUT2D eigenvalue weighted by molar-refractivity contribution is 5.21. The first-order chi connectivity index (χ1) is 5.83. The average molecular weight is 164 g/mol. The van der Waals surface area contributed by atoms with Crippen molar-refractivity contribution < 1.29 is 0 Å². The van der Waals surface area contributed by atoms with Crippen LogP contribution in [0.15, 0.2) is 34.7 Å². The zero-order valence-electron chi connectivity index (χ0n) is 6.99. The Balaban J connectivity index is 2.52. The van der Waals surface area contributed by atoms with Gasteiger partial charge in [-0.05, 0) is 12.5 Å². The van der Waals surface area contributed by atoms with Crippen LogP contribution in [0.2, 0.25) is 0 Å². The molecule has 1 aromatic carbocycles. The van der Waals surface area contributed by atoms with Crippen molar-refractivity contribution in [2.24, 2.45) is 16.3 Å². The second kappa shape index (κ2) is 4.33. The summed E-state index contributed by atoms with van der Waals surface area (Å²) in [6.45, 7) is 2.70. The Morgan fingerprint density at radius 1 is 1.50 bits per heavy atom. The summed E-state index contributed by atoms with van der Waals surface area (Å²) < 4.78 is 0. The van der Waals surface area contributed by atoms with Crippen LogP contribution in [0, 0.1) is 6.92 Å². The number of aryl methyl sites for hydroxylation is 1. The molecule has 0 aromatic heterocycles. The van der Waals surface area contributed by atoms with Gasteiger partial charge in [0.25, 0.3) is 0 Å². The lowest BCUT2D eigenvalue weighted by molar-refractivity contribution is 0.677. The molecule has 0 spiro atoms. The summed E-state index contributed by atoms with van der Waals surface area (Å²) in [4.78, 5) is 0. The van der Waals surface area contributed by atoms with E-state index in [0.29, 0.717) is 6.54 Å². The molecule has 0 unspecified atom stereocenters. The van der Waals surface area contributed by atoms with Gasteiger partial charge in [0.15, 0.2) is 0 Å². The average Bonchev–Trinajstić information content (AvgIpc) is 2.05. The van der Waals surface area contributed by atoms with E-state index in [2.05, 4.69) is 21.9 Å². The molecule has 1 aromatic rings. The maximum absolute atomic E-state index is 4.82. The van der Waals surface area contributed by atoms with Gasteiger partial charge in [0, 0.05) is 0 Å². The minimum absolute atomic E-state index is 0.655. The molecule has 0 heterocycles. The molecular formula is C8H12N4. The van der Waals surface area contributed by atoms with Crippen LogP contribution in [-0.4, -0.2) is 0 Å². The monoisotopic (exact) mass is 164 g/mol. The van der Waals surface area contributed by atoms with Gasteiger partial charge in [0.05, 0.1) is 6.54 Å². The summed E-state index contributed by atoms with van der Waals surface area (Å²) in [5, 5.41) is 6.54. The smallest absolute Gasteiger partial charge is 0.0597 e. The van der Waals surface area contributed by atoms with Crippen LogP contribution in [0.4, 0.5) is 0 Å². The van der Waals surface area contributed by atoms with Gasteiger partial charge >= 0.3 is 0 Å². The van der Waals surface area contributed by atoms with Crippen molar-refractivity contribution in [1.29, 1.82) is 0 Å². The molecule has 0 fully saturated rings. The standard InChI is InChI=1S/C8H12N4/c1-7-3-2-4-8(5-7)6-10-12-11-9/h2-5H,6H2,1H3,(H2,9,12)(H,10,11). The molecule has 0 aliphatic rings. The van der Waals surface area contributed by atoms with Crippen molar-refractivity contribution in [3.63, 3.8) is 0 Å². The number of nitrogens with one attached hydrogen (secondary N) is 1. The third kappa shape index (κ3) is 2.57. The summed E-state index contributed by atoms with van der Waals surface area (Å²) in [5.41, 5.74) is 5.12. The lowest BCUT2D eigenvalue weighted by Gasteiger charge is -1.99. The Labute approximate surface area is 71.4 Å². The van der Waals surface area contributed by atoms with E-state index < -0.39 is 0 Å². The Morgan fingerprint density at radius 2 is 2.33 bits per heavy atom. The Kier molecular flexibility index (Phi) is 3.07. The molecule has 4 nitrogen and oxygen atoms in total. The van der Waals surface area contributed by atoms with Gasteiger partial charge < -0.3 is 5.84 Å². The largest absolute Gasteiger partial charge is 0.303 e. The highest BCUT2D eigenvalue weighted by atomic mass is 15.5. The molecule has 0 saturated carbocycles. The van der Waals surface area contributed by atoms with Crippen molar-refractivity contribution in [1.82, 2.24) is 5.43 Å². The summed E-state index contributed by atoms with van der Waals surface area (Å²) in [6.07, 6.45) is 0. The van der Waals surface area contributed by atoms with E-state index in [-0.39, 0.29) is 0 Å². The molecule has 0 aliphatic carbocycles. The van der Waals surface area contributed by atoms with Crippen LogP contribution in [0.25, 0.3) is 0 Å². The fourth-order valence-corrected chi connectivity index (χ4v) is 0.990. The van der Waals surface area contributed by atoms with E-state index >= 15 is 0 Å². The van der Waals surface area contributed by atoms with E-state index in [1.165, 1.54) is 11.1 Å². The summed E-state index contributed by atoms with van der Waals surface area (Å²) in [5.74, 6) is 4.82. The third-order valence-electron chi connectivity index (χ3n) is 1.49. The van der Waals surface area contributed by atoms with Gasteiger partial charge in [-0.2, -0.15) is 0 Å². The molecule has 3 N–H and O–H groups in total. The predicted octanol–water partition coefficient (Wildman–Crippen LogP) is 1.33. The number of nitrogens with zero attached hydrogens (tertiary/aromatic N) is 2. The fourth-order valence-electron chi connectivity index (χ4n) is 0.990. The zero-order chi connectivity index (χ0) is 8.81. The summed E-state index contributed by atoms with van der Waals surface area (Å²) in [6, 6.07) is 8.16. The normalized spacial score (nSPS) is 10.4. The first kappa shape index (κ1) is 8.52. The SMILES string of the molecule is Cc1cccc(CN/N=N\N)c1. The Morgan fingerprint density at radius 3 is 3.00 bits per heavy atom. The molecule has 4 heteroatoms. The molecule has 0 saturated heterocycles. The van der Waals surface area contributed by atoms with Crippen molar-refractivity contribution in [3.05, 3.63) is 35.4 Å². The molecule has 1 rings (SSSR count). The lowest BCUT2D eigenvalue weighted by atomic mass is 10.1. The molecule has 0 atom stereocenters. The van der Waals surface area contributed by atoms with Gasteiger partial charge in [-0.15, -0.1) is 0 Å². The quantitative estimate of drug-likeness (QED) is 0.402. The fraction of sp³-hybridized carbons (Fsp3) is 0.250. The zero-order valence-corrected chi connectivity index (χ0v) is 6.99. The number of benzene rings is 1. The minimum atomic E-state index is 0.655. The van der Waals surface area contributed by atoms with E-state index in [1.54, 1.807) is 0 Å². The van der Waals surface area contributed by atoms with Gasteiger partial charge in [0.2, 0.25) is 0 Å². The highest BCUT2D eigenvalue weighted by Crippen LogP contribution is 2.02.